The van der Waals surface area contributed by atoms with Crippen LogP contribution in [-0.4, -0.2) is 28.7 Å². The van der Waals surface area contributed by atoms with Crippen molar-refractivity contribution in [3.63, 3.8) is 0 Å². The number of aromatic nitrogens is 2. The van der Waals surface area contributed by atoms with Crippen molar-refractivity contribution in [1.82, 2.24) is 9.78 Å². The normalized spacial score (nSPS) is 16.5. The van der Waals surface area contributed by atoms with Gasteiger partial charge >= 0.3 is 0 Å². The molecule has 0 radical (unpaired) electrons. The molecule has 1 saturated heterocycles. The van der Waals surface area contributed by atoms with Gasteiger partial charge in [0.05, 0.1) is 30.1 Å². The zero-order valence-electron chi connectivity index (χ0n) is 15.9. The first-order valence-corrected chi connectivity index (χ1v) is 9.41. The third kappa shape index (κ3) is 3.13. The lowest BCUT2D eigenvalue weighted by Crippen LogP contribution is -2.30. The first-order valence-electron chi connectivity index (χ1n) is 9.03. The first-order chi connectivity index (χ1) is 13.9. The van der Waals surface area contributed by atoms with Gasteiger partial charge in [0.25, 0.3) is 0 Å². The van der Waals surface area contributed by atoms with Crippen LogP contribution in [0.25, 0.3) is 5.69 Å². The standard InChI is InChI=1S/C21H19ClN4O3/c1-12-19(20(23)26(24-12)14-6-4-3-5-7-14)15-11-18(27)25(21(15)28)16-10-13(22)8-9-17(16)29-2/h3-10,15H,11,23H2,1-2H3. The number of imide groups is 1. The predicted octanol–water partition coefficient (Wildman–Crippen LogP) is 3.47. The van der Waals surface area contributed by atoms with Crippen LogP contribution in [0.5, 0.6) is 5.75 Å². The van der Waals surface area contributed by atoms with E-state index >= 15 is 0 Å². The average Bonchev–Trinajstić information content (AvgIpc) is 3.16. The highest BCUT2D eigenvalue weighted by Gasteiger charge is 2.44. The van der Waals surface area contributed by atoms with E-state index in [1.807, 2.05) is 30.3 Å². The molecule has 29 heavy (non-hydrogen) atoms. The number of nitrogens with zero attached hydrogens (tertiary/aromatic N) is 3. The summed E-state index contributed by atoms with van der Waals surface area (Å²) in [7, 11) is 1.47. The molecular formula is C21H19ClN4O3. The number of nitrogen functional groups attached to an aromatic ring is 1. The van der Waals surface area contributed by atoms with Crippen molar-refractivity contribution < 1.29 is 14.3 Å². The summed E-state index contributed by atoms with van der Waals surface area (Å²) in [6.45, 7) is 1.78. The molecule has 2 aromatic carbocycles. The second-order valence-electron chi connectivity index (χ2n) is 6.77. The number of ether oxygens (including phenoxy) is 1. The maximum absolute atomic E-state index is 13.3. The summed E-state index contributed by atoms with van der Waals surface area (Å²) in [5, 5.41) is 4.89. The molecule has 0 aliphatic carbocycles. The Bertz CT molecular complexity index is 1110. The van der Waals surface area contributed by atoms with Gasteiger partial charge in [-0.25, -0.2) is 9.58 Å². The number of nitrogens with two attached hydrogens (primary N) is 1. The van der Waals surface area contributed by atoms with Crippen molar-refractivity contribution in [3.8, 4) is 11.4 Å². The lowest BCUT2D eigenvalue weighted by molar-refractivity contribution is -0.121. The minimum Gasteiger partial charge on any atom is -0.495 e. The van der Waals surface area contributed by atoms with Crippen molar-refractivity contribution in [2.24, 2.45) is 0 Å². The quantitative estimate of drug-likeness (QED) is 0.665. The van der Waals surface area contributed by atoms with E-state index in [2.05, 4.69) is 5.10 Å². The molecule has 2 amide bonds. The lowest BCUT2D eigenvalue weighted by Gasteiger charge is -2.18. The van der Waals surface area contributed by atoms with Gasteiger partial charge < -0.3 is 10.5 Å². The fraction of sp³-hybridized carbons (Fsp3) is 0.190. The summed E-state index contributed by atoms with van der Waals surface area (Å²) >= 11 is 6.08. The van der Waals surface area contributed by atoms with Crippen LogP contribution in [0.1, 0.15) is 23.6 Å². The second kappa shape index (κ2) is 7.25. The summed E-state index contributed by atoms with van der Waals surface area (Å²) in [5.74, 6) is -0.699. The summed E-state index contributed by atoms with van der Waals surface area (Å²) in [5.41, 5.74) is 8.64. The van der Waals surface area contributed by atoms with E-state index in [1.165, 1.54) is 7.11 Å². The molecule has 0 spiro atoms. The van der Waals surface area contributed by atoms with Crippen molar-refractivity contribution in [1.29, 1.82) is 0 Å². The van der Waals surface area contributed by atoms with Crippen molar-refractivity contribution in [2.75, 3.05) is 17.7 Å². The molecular weight excluding hydrogens is 392 g/mol. The third-order valence-corrected chi connectivity index (χ3v) is 5.26. The molecule has 1 fully saturated rings. The second-order valence-corrected chi connectivity index (χ2v) is 7.21. The molecule has 4 rings (SSSR count). The molecule has 1 unspecified atom stereocenters. The molecule has 1 aliphatic rings. The number of rotatable bonds is 4. The van der Waals surface area contributed by atoms with Gasteiger partial charge in [0.15, 0.2) is 0 Å². The van der Waals surface area contributed by atoms with Gasteiger partial charge in [-0.3, -0.25) is 9.59 Å². The number of hydrogen-bond acceptors (Lipinski definition) is 5. The van der Waals surface area contributed by atoms with E-state index in [9.17, 15) is 9.59 Å². The molecule has 0 bridgehead atoms. The fourth-order valence-corrected chi connectivity index (χ4v) is 3.87. The molecule has 7 nitrogen and oxygen atoms in total. The number of anilines is 2. The molecule has 2 heterocycles. The van der Waals surface area contributed by atoms with Crippen LogP contribution in [0.15, 0.2) is 48.5 Å². The Morgan fingerprint density at radius 2 is 1.90 bits per heavy atom. The van der Waals surface area contributed by atoms with Crippen LogP contribution < -0.4 is 15.4 Å². The van der Waals surface area contributed by atoms with Gasteiger partial charge in [-0.05, 0) is 37.3 Å². The predicted molar refractivity (Wildman–Crippen MR) is 111 cm³/mol. The summed E-state index contributed by atoms with van der Waals surface area (Å²) < 4.78 is 6.90. The Morgan fingerprint density at radius 3 is 2.59 bits per heavy atom. The highest BCUT2D eigenvalue weighted by Crippen LogP contribution is 2.41. The van der Waals surface area contributed by atoms with Crippen LogP contribution in [0.2, 0.25) is 5.02 Å². The van der Waals surface area contributed by atoms with Crippen molar-refractivity contribution in [3.05, 3.63) is 64.8 Å². The topological polar surface area (TPSA) is 90.4 Å². The van der Waals surface area contributed by atoms with E-state index in [0.717, 1.165) is 10.6 Å². The number of carbonyl (C=O) groups excluding carboxylic acids is 2. The van der Waals surface area contributed by atoms with Crippen molar-refractivity contribution in [2.45, 2.75) is 19.3 Å². The van der Waals surface area contributed by atoms with E-state index < -0.39 is 5.92 Å². The summed E-state index contributed by atoms with van der Waals surface area (Å²) in [6.07, 6.45) is 0.0000238. The first kappa shape index (κ1) is 19.0. The Hall–Kier alpha value is -3.32. The van der Waals surface area contributed by atoms with Crippen LogP contribution in [0.4, 0.5) is 11.5 Å². The molecule has 1 aliphatic heterocycles. The maximum Gasteiger partial charge on any atom is 0.242 e. The van der Waals surface area contributed by atoms with Crippen molar-refractivity contribution >= 4 is 34.9 Å². The molecule has 8 heteroatoms. The zero-order chi connectivity index (χ0) is 20.7. The number of benzene rings is 2. The number of para-hydroxylation sites is 1. The van der Waals surface area contributed by atoms with Crippen LogP contribution in [0.3, 0.4) is 0 Å². The minimum atomic E-state index is -0.719. The molecule has 1 atom stereocenters. The number of aryl methyl sites for hydroxylation is 1. The minimum absolute atomic E-state index is 0.0000238. The van der Waals surface area contributed by atoms with E-state index in [1.54, 1.807) is 29.8 Å². The molecule has 0 saturated carbocycles. The Labute approximate surface area is 172 Å². The van der Waals surface area contributed by atoms with Gasteiger partial charge in [-0.1, -0.05) is 29.8 Å². The maximum atomic E-state index is 13.3. The zero-order valence-corrected chi connectivity index (χ0v) is 16.7. The van der Waals surface area contributed by atoms with Gasteiger partial charge in [0.2, 0.25) is 11.8 Å². The smallest absolute Gasteiger partial charge is 0.242 e. The molecule has 148 valence electrons. The highest BCUT2D eigenvalue weighted by molar-refractivity contribution is 6.31. The molecule has 3 aromatic rings. The fourth-order valence-electron chi connectivity index (χ4n) is 3.70. The Balaban J connectivity index is 1.76. The van der Waals surface area contributed by atoms with Gasteiger partial charge in [0.1, 0.15) is 11.6 Å². The summed E-state index contributed by atoms with van der Waals surface area (Å²) in [6, 6.07) is 14.2. The SMILES string of the molecule is COc1ccc(Cl)cc1N1C(=O)CC(c2c(C)nn(-c3ccccc3)c2N)C1=O. The number of methoxy groups -OCH3 is 1. The van der Waals surface area contributed by atoms with Gasteiger partial charge in [-0.2, -0.15) is 5.10 Å². The number of carbonyl (C=O) groups is 2. The van der Waals surface area contributed by atoms with E-state index in [4.69, 9.17) is 22.1 Å². The Kier molecular flexibility index (Phi) is 4.76. The number of amides is 2. The molecule has 1 aromatic heterocycles. The van der Waals surface area contributed by atoms with Gasteiger partial charge in [0, 0.05) is 17.0 Å². The number of hydrogen-bond donors (Lipinski definition) is 1. The van der Waals surface area contributed by atoms with Crippen LogP contribution in [0, 0.1) is 6.92 Å². The van der Waals surface area contributed by atoms with E-state index in [-0.39, 0.29) is 18.2 Å². The average molecular weight is 411 g/mol. The monoisotopic (exact) mass is 410 g/mol. The summed E-state index contributed by atoms with van der Waals surface area (Å²) in [4.78, 5) is 27.2. The highest BCUT2D eigenvalue weighted by atomic mass is 35.5. The Morgan fingerprint density at radius 1 is 1.17 bits per heavy atom. The van der Waals surface area contributed by atoms with E-state index in [0.29, 0.717) is 33.5 Å². The largest absolute Gasteiger partial charge is 0.495 e. The van der Waals surface area contributed by atoms with Gasteiger partial charge in [-0.15, -0.1) is 0 Å². The number of halogens is 1. The van der Waals surface area contributed by atoms with Crippen LogP contribution in [-0.2, 0) is 9.59 Å². The lowest BCUT2D eigenvalue weighted by atomic mass is 9.97. The molecule has 2 N–H and O–H groups in total. The van der Waals surface area contributed by atoms with Crippen LogP contribution >= 0.6 is 11.6 Å². The third-order valence-electron chi connectivity index (χ3n) is 5.02.